The summed E-state index contributed by atoms with van der Waals surface area (Å²) in [6, 6.07) is 4.38. The molecule has 1 aliphatic rings. The molecule has 1 saturated heterocycles. The molecule has 1 unspecified atom stereocenters. The highest BCUT2D eigenvalue weighted by Gasteiger charge is 2.47. The number of amides is 2. The van der Waals surface area contributed by atoms with Crippen LogP contribution in [0.25, 0.3) is 0 Å². The van der Waals surface area contributed by atoms with E-state index >= 15 is 0 Å². The highest BCUT2D eigenvalue weighted by molar-refractivity contribution is 8.26. The van der Waals surface area contributed by atoms with Gasteiger partial charge in [0.05, 0.1) is 16.5 Å². The fourth-order valence-electron chi connectivity index (χ4n) is 3.72. The Bertz CT molecular complexity index is 1540. The Morgan fingerprint density at radius 2 is 1.74 bits per heavy atom. The van der Waals surface area contributed by atoms with Crippen molar-refractivity contribution in [3.05, 3.63) is 58.9 Å². The van der Waals surface area contributed by atoms with Crippen molar-refractivity contribution >= 4 is 61.6 Å². The summed E-state index contributed by atoms with van der Waals surface area (Å²) < 4.78 is 52.9. The van der Waals surface area contributed by atoms with E-state index in [0.717, 1.165) is 18.2 Å². The van der Waals surface area contributed by atoms with Gasteiger partial charge in [-0.05, 0) is 68.4 Å². The number of carbonyl (C=O) groups excluding carboxylic acids is 5. The Morgan fingerprint density at radius 1 is 1.12 bits per heavy atom. The number of nitrogens with one attached hydrogen (secondary N) is 1. The monoisotopic (exact) mass is 657 g/mol. The summed E-state index contributed by atoms with van der Waals surface area (Å²) >= 11 is 6.07. The van der Waals surface area contributed by atoms with Gasteiger partial charge < -0.3 is 14.4 Å². The molecule has 43 heavy (non-hydrogen) atoms. The van der Waals surface area contributed by atoms with E-state index in [1.807, 2.05) is 0 Å². The van der Waals surface area contributed by atoms with Gasteiger partial charge in [-0.2, -0.15) is 0 Å². The molecule has 232 valence electrons. The molecule has 2 atom stereocenters. The summed E-state index contributed by atoms with van der Waals surface area (Å²) in [5, 5.41) is 0.278. The molecule has 1 N–H and O–H groups in total. The Hall–Kier alpha value is -3.53. The lowest BCUT2D eigenvalue weighted by atomic mass is 10.0. The smallest absolute Gasteiger partial charge is 0.414 e. The molecular weight excluding hydrogens is 629 g/mol. The third-order valence-electron chi connectivity index (χ3n) is 5.70. The maximum absolute atomic E-state index is 14.0. The van der Waals surface area contributed by atoms with E-state index in [9.17, 15) is 36.8 Å². The van der Waals surface area contributed by atoms with Gasteiger partial charge in [0, 0.05) is 20.5 Å². The first-order chi connectivity index (χ1) is 19.9. The first kappa shape index (κ1) is 34.0. The fourth-order valence-corrected chi connectivity index (χ4v) is 6.22. The number of benzene rings is 2. The number of thioether (sulfide) groups is 1. The number of ether oxygens (including phenoxy) is 2. The Labute approximate surface area is 256 Å². The fraction of sp³-hybridized carbons (Fsp3) is 0.370. The van der Waals surface area contributed by atoms with Crippen molar-refractivity contribution < 1.29 is 46.3 Å². The minimum atomic E-state index is -5.01. The molecule has 2 amide bonds. The topological polar surface area (TPSA) is 156 Å². The summed E-state index contributed by atoms with van der Waals surface area (Å²) in [6.07, 6.45) is -1.09. The number of halogens is 2. The molecular formula is C27H29ClFN3O9S2. The van der Waals surface area contributed by atoms with Gasteiger partial charge in [0.1, 0.15) is 23.2 Å². The zero-order chi connectivity index (χ0) is 32.3. The van der Waals surface area contributed by atoms with Gasteiger partial charge in [0.15, 0.2) is 6.04 Å². The molecule has 0 saturated carbocycles. The minimum absolute atomic E-state index is 0.150. The Kier molecular flexibility index (Phi) is 10.6. The van der Waals surface area contributed by atoms with Crippen LogP contribution in [0.5, 0.6) is 5.75 Å². The quantitative estimate of drug-likeness (QED) is 0.329. The lowest BCUT2D eigenvalue weighted by Gasteiger charge is -2.34. The number of hydrogen-bond donors (Lipinski definition) is 1. The lowest BCUT2D eigenvalue weighted by molar-refractivity contribution is -0.162. The second-order valence-corrected chi connectivity index (χ2v) is 13.8. The largest absolute Gasteiger partial charge is 0.458 e. The minimum Gasteiger partial charge on any atom is -0.458 e. The average molecular weight is 658 g/mol. The lowest BCUT2D eigenvalue weighted by Crippen LogP contribution is -2.60. The normalized spacial score (nSPS) is 16.3. The second-order valence-electron chi connectivity index (χ2n) is 10.5. The van der Waals surface area contributed by atoms with Gasteiger partial charge in [0.2, 0.25) is 10.2 Å². The summed E-state index contributed by atoms with van der Waals surface area (Å²) in [7, 11) is -2.03. The molecule has 1 aliphatic heterocycles. The Balaban J connectivity index is 2.15. The predicted molar refractivity (Wildman–Crippen MR) is 154 cm³/mol. The molecule has 1 heterocycles. The number of nitrogens with zero attached hydrogens (tertiary/aromatic N) is 2. The van der Waals surface area contributed by atoms with Crippen LogP contribution in [0.15, 0.2) is 47.4 Å². The molecule has 3 rings (SSSR count). The summed E-state index contributed by atoms with van der Waals surface area (Å²) in [5.41, 5.74) is -0.809. The van der Waals surface area contributed by atoms with Crippen molar-refractivity contribution in [2.24, 2.45) is 0 Å². The molecule has 2 aromatic rings. The van der Waals surface area contributed by atoms with Crippen LogP contribution < -0.4 is 10.1 Å². The van der Waals surface area contributed by atoms with E-state index in [0.29, 0.717) is 5.56 Å². The predicted octanol–water partition coefficient (Wildman–Crippen LogP) is 2.77. The molecule has 1 fully saturated rings. The van der Waals surface area contributed by atoms with Crippen LogP contribution in [-0.2, 0) is 40.4 Å². The summed E-state index contributed by atoms with van der Waals surface area (Å²) in [4.78, 5) is 64.4. The van der Waals surface area contributed by atoms with E-state index in [1.54, 1.807) is 0 Å². The number of sulfonamides is 1. The molecule has 12 nitrogen and oxygen atoms in total. The van der Waals surface area contributed by atoms with Crippen LogP contribution in [0.1, 0.15) is 26.3 Å². The number of carbonyl (C=O) groups is 5. The van der Waals surface area contributed by atoms with Crippen molar-refractivity contribution in [2.45, 2.75) is 49.8 Å². The number of esters is 1. The van der Waals surface area contributed by atoms with Crippen molar-refractivity contribution in [3.63, 3.8) is 0 Å². The van der Waals surface area contributed by atoms with Crippen LogP contribution in [0.3, 0.4) is 0 Å². The van der Waals surface area contributed by atoms with E-state index < -0.39 is 84.6 Å². The van der Waals surface area contributed by atoms with E-state index in [1.165, 1.54) is 64.0 Å². The summed E-state index contributed by atoms with van der Waals surface area (Å²) in [6.45, 7) is 4.17. The zero-order valence-electron chi connectivity index (χ0n) is 23.8. The van der Waals surface area contributed by atoms with Crippen molar-refractivity contribution in [3.8, 4) is 5.75 Å². The third-order valence-corrected chi connectivity index (χ3v) is 8.60. The second kappa shape index (κ2) is 13.4. The first-order valence-electron chi connectivity index (χ1n) is 12.6. The SMILES string of the molecule is CN(C)C(=O)Oc1ccc(C[C@@H](C(=O)OC(C)(C)C)N(C(=O)C2NCC(=O)SC2=O)S(=O)(=O)c2ccc(F)c(Cl)c2)cc1. The van der Waals surface area contributed by atoms with Crippen LogP contribution in [0.4, 0.5) is 9.18 Å². The van der Waals surface area contributed by atoms with Gasteiger partial charge >= 0.3 is 12.1 Å². The average Bonchev–Trinajstić information content (AvgIpc) is 2.89. The highest BCUT2D eigenvalue weighted by atomic mass is 35.5. The van der Waals surface area contributed by atoms with Gasteiger partial charge in [-0.1, -0.05) is 23.7 Å². The molecule has 2 aromatic carbocycles. The molecule has 0 aromatic heterocycles. The van der Waals surface area contributed by atoms with E-state index in [2.05, 4.69) is 5.32 Å². The maximum atomic E-state index is 14.0. The van der Waals surface area contributed by atoms with Crippen LogP contribution >= 0.6 is 23.4 Å². The van der Waals surface area contributed by atoms with Crippen LogP contribution in [-0.4, -0.2) is 84.1 Å². The zero-order valence-corrected chi connectivity index (χ0v) is 26.1. The standard InChI is InChI=1S/C27H29ClFN3O9S2/c1-27(2,3)41-24(35)20(12-15-6-8-16(9-7-15)40-26(37)31(4)5)32(23(34)22-25(36)42-21(33)14-30-22)43(38,39)17-10-11-19(29)18(28)13-17/h6-11,13,20,22,30H,12,14H2,1-5H3/t20-,22?/m0/s1. The van der Waals surface area contributed by atoms with Crippen molar-refractivity contribution in [1.82, 2.24) is 14.5 Å². The van der Waals surface area contributed by atoms with Gasteiger partial charge in [0.25, 0.3) is 15.9 Å². The maximum Gasteiger partial charge on any atom is 0.414 e. The van der Waals surface area contributed by atoms with Crippen LogP contribution in [0, 0.1) is 5.82 Å². The van der Waals surface area contributed by atoms with Gasteiger partial charge in [-0.15, -0.1) is 0 Å². The van der Waals surface area contributed by atoms with E-state index in [4.69, 9.17) is 21.1 Å². The van der Waals surface area contributed by atoms with Crippen molar-refractivity contribution in [1.29, 1.82) is 0 Å². The molecule has 0 radical (unpaired) electrons. The molecule has 0 spiro atoms. The Morgan fingerprint density at radius 3 is 2.28 bits per heavy atom. The van der Waals surface area contributed by atoms with Gasteiger partial charge in [-0.3, -0.25) is 19.7 Å². The molecule has 16 heteroatoms. The first-order valence-corrected chi connectivity index (χ1v) is 15.3. The number of rotatable bonds is 8. The van der Waals surface area contributed by atoms with Gasteiger partial charge in [-0.25, -0.2) is 26.7 Å². The van der Waals surface area contributed by atoms with Crippen LogP contribution in [0.2, 0.25) is 5.02 Å². The number of hydrogen-bond acceptors (Lipinski definition) is 11. The third kappa shape index (κ3) is 8.53. The van der Waals surface area contributed by atoms with Crippen molar-refractivity contribution in [2.75, 3.05) is 20.6 Å². The molecule has 0 aliphatic carbocycles. The highest BCUT2D eigenvalue weighted by Crippen LogP contribution is 2.29. The summed E-state index contributed by atoms with van der Waals surface area (Å²) in [5.74, 6) is -3.28. The molecule has 0 bridgehead atoms. The van der Waals surface area contributed by atoms with E-state index in [-0.39, 0.29) is 21.8 Å².